The Morgan fingerprint density at radius 2 is 1.69 bits per heavy atom. The Kier molecular flexibility index (Phi) is 3.03. The van der Waals surface area contributed by atoms with Crippen molar-refractivity contribution >= 4 is 0 Å². The highest BCUT2D eigenvalue weighted by Gasteiger charge is 2.32. The van der Waals surface area contributed by atoms with Crippen molar-refractivity contribution in [3.8, 4) is 0 Å². The maximum atomic E-state index is 6.24. The molecule has 1 fully saturated rings. The minimum absolute atomic E-state index is 0.127. The molecule has 0 amide bonds. The van der Waals surface area contributed by atoms with E-state index in [1.54, 1.807) is 0 Å². The van der Waals surface area contributed by atoms with Gasteiger partial charge >= 0.3 is 0 Å². The van der Waals surface area contributed by atoms with Crippen LogP contribution in [0.1, 0.15) is 47.0 Å². The Labute approximate surface area is 82.5 Å². The lowest BCUT2D eigenvalue weighted by Gasteiger charge is -2.44. The SMILES string of the molecule is CCC1(N)CCN(C(C)(C)C)CC1. The molecule has 1 rings (SSSR count). The lowest BCUT2D eigenvalue weighted by Crippen LogP contribution is -2.54. The van der Waals surface area contributed by atoms with Gasteiger partial charge in [-0.05, 0) is 40.0 Å². The average molecular weight is 184 g/mol. The second-order valence-corrected chi connectivity index (χ2v) is 5.37. The van der Waals surface area contributed by atoms with Crippen LogP contribution in [0.2, 0.25) is 0 Å². The van der Waals surface area contributed by atoms with Gasteiger partial charge in [-0.2, -0.15) is 0 Å². The van der Waals surface area contributed by atoms with Gasteiger partial charge in [-0.25, -0.2) is 0 Å². The second kappa shape index (κ2) is 3.58. The number of hydrogen-bond donors (Lipinski definition) is 1. The van der Waals surface area contributed by atoms with Crippen LogP contribution < -0.4 is 5.73 Å². The van der Waals surface area contributed by atoms with Crippen LogP contribution >= 0.6 is 0 Å². The summed E-state index contributed by atoms with van der Waals surface area (Å²) in [5.41, 5.74) is 6.68. The molecule has 0 aromatic rings. The molecule has 1 aliphatic rings. The molecule has 2 nitrogen and oxygen atoms in total. The zero-order valence-corrected chi connectivity index (χ0v) is 9.56. The van der Waals surface area contributed by atoms with Gasteiger partial charge in [0, 0.05) is 24.2 Å². The van der Waals surface area contributed by atoms with E-state index in [-0.39, 0.29) is 5.54 Å². The zero-order chi connectivity index (χ0) is 10.1. The lowest BCUT2D eigenvalue weighted by molar-refractivity contribution is 0.0753. The zero-order valence-electron chi connectivity index (χ0n) is 9.56. The maximum Gasteiger partial charge on any atom is 0.0176 e. The van der Waals surface area contributed by atoms with E-state index < -0.39 is 0 Å². The van der Waals surface area contributed by atoms with Crippen molar-refractivity contribution in [2.24, 2.45) is 5.73 Å². The van der Waals surface area contributed by atoms with E-state index in [9.17, 15) is 0 Å². The van der Waals surface area contributed by atoms with Crippen molar-refractivity contribution in [2.75, 3.05) is 13.1 Å². The molecule has 0 radical (unpaired) electrons. The van der Waals surface area contributed by atoms with Gasteiger partial charge in [0.05, 0.1) is 0 Å². The molecule has 1 saturated heterocycles. The van der Waals surface area contributed by atoms with Crippen LogP contribution in [0, 0.1) is 0 Å². The fraction of sp³-hybridized carbons (Fsp3) is 1.00. The standard InChI is InChI=1S/C11H24N2/c1-5-11(12)6-8-13(9-7-11)10(2,3)4/h5-9,12H2,1-4H3. The van der Waals surface area contributed by atoms with Gasteiger partial charge in [0.25, 0.3) is 0 Å². The minimum Gasteiger partial charge on any atom is -0.325 e. The molecule has 0 aliphatic carbocycles. The first-order valence-corrected chi connectivity index (χ1v) is 5.41. The summed E-state index contributed by atoms with van der Waals surface area (Å²) in [6.45, 7) is 11.4. The summed E-state index contributed by atoms with van der Waals surface area (Å²) < 4.78 is 0. The molecule has 2 heteroatoms. The summed E-state index contributed by atoms with van der Waals surface area (Å²) in [5.74, 6) is 0. The van der Waals surface area contributed by atoms with Gasteiger partial charge in [-0.1, -0.05) is 6.92 Å². The van der Waals surface area contributed by atoms with Crippen molar-refractivity contribution in [1.82, 2.24) is 4.90 Å². The smallest absolute Gasteiger partial charge is 0.0176 e. The van der Waals surface area contributed by atoms with Crippen LogP contribution in [0.3, 0.4) is 0 Å². The number of hydrogen-bond acceptors (Lipinski definition) is 2. The highest BCUT2D eigenvalue weighted by Crippen LogP contribution is 2.26. The van der Waals surface area contributed by atoms with Crippen LogP contribution in [0.25, 0.3) is 0 Å². The summed E-state index contributed by atoms with van der Waals surface area (Å²) in [4.78, 5) is 2.54. The molecule has 78 valence electrons. The topological polar surface area (TPSA) is 29.3 Å². The quantitative estimate of drug-likeness (QED) is 0.675. The Bertz CT molecular complexity index is 161. The number of nitrogens with two attached hydrogens (primary N) is 1. The average Bonchev–Trinajstić information content (AvgIpc) is 2.04. The number of nitrogens with zero attached hydrogens (tertiary/aromatic N) is 1. The predicted octanol–water partition coefficient (Wildman–Crippen LogP) is 1.99. The Morgan fingerprint density at radius 3 is 2.00 bits per heavy atom. The highest BCUT2D eigenvalue weighted by molar-refractivity contribution is 4.92. The molecule has 0 bridgehead atoms. The Morgan fingerprint density at radius 1 is 1.23 bits per heavy atom. The molecular formula is C11H24N2. The van der Waals surface area contributed by atoms with Crippen LogP contribution in [0.5, 0.6) is 0 Å². The summed E-state index contributed by atoms with van der Waals surface area (Å²) in [5, 5.41) is 0. The molecular weight excluding hydrogens is 160 g/mol. The normalized spacial score (nSPS) is 24.7. The molecule has 0 aromatic heterocycles. The van der Waals surface area contributed by atoms with Crippen LogP contribution in [0.15, 0.2) is 0 Å². The van der Waals surface area contributed by atoms with Gasteiger partial charge in [-0.15, -0.1) is 0 Å². The van der Waals surface area contributed by atoms with Crippen LogP contribution in [0.4, 0.5) is 0 Å². The Balaban J connectivity index is 2.48. The van der Waals surface area contributed by atoms with Crippen molar-refractivity contribution < 1.29 is 0 Å². The third kappa shape index (κ3) is 2.68. The minimum atomic E-state index is 0.127. The van der Waals surface area contributed by atoms with Crippen LogP contribution in [-0.2, 0) is 0 Å². The van der Waals surface area contributed by atoms with Gasteiger partial charge < -0.3 is 5.73 Å². The third-order valence-electron chi connectivity index (χ3n) is 3.41. The molecule has 2 N–H and O–H groups in total. The number of rotatable bonds is 1. The fourth-order valence-corrected chi connectivity index (χ4v) is 1.98. The van der Waals surface area contributed by atoms with Gasteiger partial charge in [-0.3, -0.25) is 4.90 Å². The molecule has 0 unspecified atom stereocenters. The van der Waals surface area contributed by atoms with E-state index in [0.717, 1.165) is 32.4 Å². The van der Waals surface area contributed by atoms with E-state index >= 15 is 0 Å². The first-order valence-electron chi connectivity index (χ1n) is 5.41. The largest absolute Gasteiger partial charge is 0.325 e. The van der Waals surface area contributed by atoms with Gasteiger partial charge in [0.2, 0.25) is 0 Å². The fourth-order valence-electron chi connectivity index (χ4n) is 1.98. The van der Waals surface area contributed by atoms with Gasteiger partial charge in [0.1, 0.15) is 0 Å². The predicted molar refractivity (Wildman–Crippen MR) is 57.8 cm³/mol. The maximum absolute atomic E-state index is 6.24. The first kappa shape index (κ1) is 11.0. The van der Waals surface area contributed by atoms with E-state index in [1.807, 2.05) is 0 Å². The second-order valence-electron chi connectivity index (χ2n) is 5.37. The van der Waals surface area contributed by atoms with E-state index in [1.165, 1.54) is 0 Å². The molecule has 0 aromatic carbocycles. The molecule has 0 atom stereocenters. The first-order chi connectivity index (χ1) is 5.87. The molecule has 0 spiro atoms. The summed E-state index contributed by atoms with van der Waals surface area (Å²) in [6.07, 6.45) is 3.42. The van der Waals surface area contributed by atoms with Crippen molar-refractivity contribution in [1.29, 1.82) is 0 Å². The Hall–Kier alpha value is -0.0800. The van der Waals surface area contributed by atoms with Crippen LogP contribution in [-0.4, -0.2) is 29.1 Å². The molecule has 13 heavy (non-hydrogen) atoms. The van der Waals surface area contributed by atoms with Crippen molar-refractivity contribution in [3.05, 3.63) is 0 Å². The lowest BCUT2D eigenvalue weighted by atomic mass is 9.84. The molecule has 0 saturated carbocycles. The molecule has 1 heterocycles. The van der Waals surface area contributed by atoms with Gasteiger partial charge in [0.15, 0.2) is 0 Å². The van der Waals surface area contributed by atoms with Crippen molar-refractivity contribution in [2.45, 2.75) is 58.0 Å². The van der Waals surface area contributed by atoms with E-state index in [0.29, 0.717) is 5.54 Å². The summed E-state index contributed by atoms with van der Waals surface area (Å²) >= 11 is 0. The monoisotopic (exact) mass is 184 g/mol. The van der Waals surface area contributed by atoms with Crippen molar-refractivity contribution in [3.63, 3.8) is 0 Å². The van der Waals surface area contributed by atoms with E-state index in [2.05, 4.69) is 32.6 Å². The molecule has 1 aliphatic heterocycles. The number of likely N-dealkylation sites (tertiary alicyclic amines) is 1. The summed E-state index contributed by atoms with van der Waals surface area (Å²) in [7, 11) is 0. The third-order valence-corrected chi connectivity index (χ3v) is 3.41. The highest BCUT2D eigenvalue weighted by atomic mass is 15.2. The summed E-state index contributed by atoms with van der Waals surface area (Å²) in [6, 6.07) is 0. The number of piperidine rings is 1. The van der Waals surface area contributed by atoms with E-state index in [4.69, 9.17) is 5.73 Å².